The molecule has 38 heavy (non-hydrogen) atoms. The molecule has 206 valence electrons. The smallest absolute Gasteiger partial charge is 0.337 e. The van der Waals surface area contributed by atoms with Gasteiger partial charge < -0.3 is 39.2 Å². The molecule has 2 aromatic carbocycles. The fraction of sp³-hybridized carbons (Fsp3) is 0.429. The van der Waals surface area contributed by atoms with Crippen LogP contribution in [-0.4, -0.2) is 75.1 Å². The summed E-state index contributed by atoms with van der Waals surface area (Å²) in [6.07, 6.45) is 1.54. The van der Waals surface area contributed by atoms with E-state index in [4.69, 9.17) is 28.8 Å². The lowest BCUT2D eigenvalue weighted by Gasteiger charge is -2.37. The molecule has 1 aliphatic rings. The van der Waals surface area contributed by atoms with Gasteiger partial charge in [-0.05, 0) is 49.2 Å². The Hall–Kier alpha value is -3.44. The number of ether oxygens (including phenoxy) is 5. The zero-order valence-corrected chi connectivity index (χ0v) is 21.6. The monoisotopic (exact) mass is 529 g/mol. The number of phenols is 1. The topological polar surface area (TPSA) is 133 Å². The van der Waals surface area contributed by atoms with Gasteiger partial charge in [-0.3, -0.25) is 4.79 Å². The number of carbonyl (C=O) groups is 2. The van der Waals surface area contributed by atoms with Crippen LogP contribution in [0, 0.1) is 5.92 Å². The first-order chi connectivity index (χ1) is 18.5. The predicted molar refractivity (Wildman–Crippen MR) is 139 cm³/mol. The molecule has 3 N–H and O–H groups in total. The number of esters is 1. The number of anilines is 1. The minimum absolute atomic E-state index is 0.0436. The van der Waals surface area contributed by atoms with Crippen LogP contribution in [0.4, 0.5) is 5.69 Å². The van der Waals surface area contributed by atoms with Gasteiger partial charge in [-0.2, -0.15) is 0 Å². The normalized spacial score (nSPS) is 18.8. The van der Waals surface area contributed by atoms with Gasteiger partial charge in [0.15, 0.2) is 5.76 Å². The maximum atomic E-state index is 13.1. The minimum Gasteiger partial charge on any atom is -0.506 e. The summed E-state index contributed by atoms with van der Waals surface area (Å²) in [5.74, 6) is -1.48. The van der Waals surface area contributed by atoms with Gasteiger partial charge in [0.1, 0.15) is 5.75 Å². The molecular formula is C28H35NO9. The molecule has 1 heterocycles. The molecule has 0 fully saturated rings. The van der Waals surface area contributed by atoms with Crippen LogP contribution in [0.3, 0.4) is 0 Å². The predicted octanol–water partition coefficient (Wildman–Crippen LogP) is 3.21. The molecule has 0 aliphatic carbocycles. The van der Waals surface area contributed by atoms with Crippen molar-refractivity contribution in [3.63, 3.8) is 0 Å². The Bertz CT molecular complexity index is 1070. The van der Waals surface area contributed by atoms with Gasteiger partial charge in [-0.25, -0.2) is 4.79 Å². The summed E-state index contributed by atoms with van der Waals surface area (Å²) in [7, 11) is 1.32. The summed E-state index contributed by atoms with van der Waals surface area (Å²) < 4.78 is 27.7. The molecule has 3 rings (SSSR count). The van der Waals surface area contributed by atoms with Crippen molar-refractivity contribution in [2.45, 2.75) is 25.6 Å². The molecule has 3 atom stereocenters. The van der Waals surface area contributed by atoms with Crippen molar-refractivity contribution in [2.24, 2.45) is 5.92 Å². The van der Waals surface area contributed by atoms with E-state index in [0.717, 1.165) is 5.56 Å². The Kier molecular flexibility index (Phi) is 11.6. The van der Waals surface area contributed by atoms with Crippen LogP contribution in [0.15, 0.2) is 60.4 Å². The Morgan fingerprint density at radius 1 is 1.00 bits per heavy atom. The number of hydrogen-bond acceptors (Lipinski definition) is 9. The molecule has 0 aromatic heterocycles. The van der Waals surface area contributed by atoms with Crippen LogP contribution in [-0.2, 0) is 28.5 Å². The zero-order valence-electron chi connectivity index (χ0n) is 21.6. The first kappa shape index (κ1) is 29.1. The quantitative estimate of drug-likeness (QED) is 0.192. The number of rotatable bonds is 14. The maximum Gasteiger partial charge on any atom is 0.337 e. The largest absolute Gasteiger partial charge is 0.506 e. The molecule has 0 saturated carbocycles. The van der Waals surface area contributed by atoms with Crippen molar-refractivity contribution in [1.82, 2.24) is 0 Å². The van der Waals surface area contributed by atoms with Gasteiger partial charge in [0.2, 0.25) is 6.29 Å². The number of carbonyl (C=O) groups excluding carboxylic acids is 2. The Labute approximate surface area is 222 Å². The molecule has 3 unspecified atom stereocenters. The van der Waals surface area contributed by atoms with Gasteiger partial charge in [0, 0.05) is 25.0 Å². The molecule has 0 spiro atoms. The lowest BCUT2D eigenvalue weighted by Crippen LogP contribution is -2.38. The number of amides is 1. The molecule has 2 aromatic rings. The van der Waals surface area contributed by atoms with Crippen LogP contribution in [0.25, 0.3) is 0 Å². The fourth-order valence-corrected chi connectivity index (χ4v) is 4.15. The highest BCUT2D eigenvalue weighted by molar-refractivity contribution is 6.03. The summed E-state index contributed by atoms with van der Waals surface area (Å²) in [5.41, 5.74) is 1.52. The van der Waals surface area contributed by atoms with Crippen LogP contribution in [0.1, 0.15) is 35.2 Å². The first-order valence-electron chi connectivity index (χ1n) is 12.5. The number of hydrogen-bond donors (Lipinski definition) is 3. The summed E-state index contributed by atoms with van der Waals surface area (Å²) in [4.78, 5) is 25.1. The molecule has 1 aliphatic heterocycles. The van der Waals surface area contributed by atoms with Gasteiger partial charge in [0.25, 0.3) is 5.91 Å². The van der Waals surface area contributed by atoms with E-state index < -0.39 is 18.2 Å². The van der Waals surface area contributed by atoms with E-state index in [1.807, 2.05) is 19.1 Å². The Morgan fingerprint density at radius 2 is 1.71 bits per heavy atom. The lowest BCUT2D eigenvalue weighted by molar-refractivity contribution is -0.166. The fourth-order valence-electron chi connectivity index (χ4n) is 4.15. The number of allylic oxidation sites excluding steroid dienone is 1. The third kappa shape index (κ3) is 8.03. The van der Waals surface area contributed by atoms with E-state index >= 15 is 0 Å². The minimum atomic E-state index is -0.741. The average Bonchev–Trinajstić information content (AvgIpc) is 2.94. The second-order valence-corrected chi connectivity index (χ2v) is 8.48. The van der Waals surface area contributed by atoms with Crippen LogP contribution >= 0.6 is 0 Å². The lowest BCUT2D eigenvalue weighted by atomic mass is 9.81. The van der Waals surface area contributed by atoms with Crippen molar-refractivity contribution in [1.29, 1.82) is 0 Å². The molecule has 0 saturated heterocycles. The van der Waals surface area contributed by atoms with Gasteiger partial charge >= 0.3 is 5.97 Å². The van der Waals surface area contributed by atoms with E-state index in [0.29, 0.717) is 38.4 Å². The van der Waals surface area contributed by atoms with Gasteiger partial charge in [-0.15, -0.1) is 0 Å². The first-order valence-corrected chi connectivity index (χ1v) is 12.5. The summed E-state index contributed by atoms with van der Waals surface area (Å²) in [5, 5.41) is 21.6. The second-order valence-electron chi connectivity index (χ2n) is 8.48. The van der Waals surface area contributed by atoms with Crippen molar-refractivity contribution in [3.05, 3.63) is 71.5 Å². The van der Waals surface area contributed by atoms with E-state index in [1.165, 1.54) is 13.2 Å². The highest BCUT2D eigenvalue weighted by Gasteiger charge is 2.38. The molecule has 10 heteroatoms. The summed E-state index contributed by atoms with van der Waals surface area (Å²) in [6, 6.07) is 13.4. The van der Waals surface area contributed by atoms with E-state index in [2.05, 4.69) is 5.32 Å². The molecule has 1 amide bonds. The van der Waals surface area contributed by atoms with Gasteiger partial charge in [0.05, 0.1) is 44.8 Å². The number of aliphatic hydroxyl groups excluding tert-OH is 1. The van der Waals surface area contributed by atoms with Crippen LogP contribution in [0.2, 0.25) is 0 Å². The van der Waals surface area contributed by atoms with E-state index in [-0.39, 0.29) is 42.2 Å². The third-order valence-electron chi connectivity index (χ3n) is 6.01. The van der Waals surface area contributed by atoms with E-state index in [9.17, 15) is 14.7 Å². The number of phenolic OH excluding ortho intramolecular Hbond substituents is 1. The maximum absolute atomic E-state index is 13.1. The van der Waals surface area contributed by atoms with Gasteiger partial charge in [-0.1, -0.05) is 24.3 Å². The zero-order chi connectivity index (χ0) is 27.3. The Morgan fingerprint density at radius 3 is 2.37 bits per heavy atom. The molecule has 0 radical (unpaired) electrons. The highest BCUT2D eigenvalue weighted by Crippen LogP contribution is 2.39. The molecular weight excluding hydrogens is 494 g/mol. The molecule has 10 nitrogen and oxygen atoms in total. The number of benzene rings is 2. The summed E-state index contributed by atoms with van der Waals surface area (Å²) >= 11 is 0. The number of nitrogens with one attached hydrogen (secondary N) is 1. The van der Waals surface area contributed by atoms with E-state index in [1.54, 1.807) is 36.4 Å². The Balaban J connectivity index is 1.85. The standard InChI is InChI=1S/C28H35NO9/c1-3-37-28-21(12-14-35-16-17-36-15-13-30)22(19-8-10-20(11-9-19)27(33)34-2)18-25(38-28)26(32)29-23-6-4-5-7-24(23)31/h4-11,18,21-22,28,30-31H,3,12-17H2,1-2H3,(H,29,32). The van der Waals surface area contributed by atoms with Crippen molar-refractivity contribution >= 4 is 17.6 Å². The molecule has 0 bridgehead atoms. The third-order valence-corrected chi connectivity index (χ3v) is 6.01. The number of aliphatic hydroxyl groups is 1. The average molecular weight is 530 g/mol. The number of para-hydroxylation sites is 2. The highest BCUT2D eigenvalue weighted by atomic mass is 16.7. The number of methoxy groups -OCH3 is 1. The second kappa shape index (κ2) is 15.1. The number of aromatic hydroxyl groups is 1. The van der Waals surface area contributed by atoms with Crippen molar-refractivity contribution in [2.75, 3.05) is 52.1 Å². The van der Waals surface area contributed by atoms with Crippen LogP contribution < -0.4 is 5.32 Å². The van der Waals surface area contributed by atoms with Crippen molar-refractivity contribution in [3.8, 4) is 5.75 Å². The SMILES string of the molecule is CCOC1OC(C(=O)Nc2ccccc2O)=CC(c2ccc(C(=O)OC)cc2)C1CCOCCOCCO. The van der Waals surface area contributed by atoms with Crippen LogP contribution in [0.5, 0.6) is 5.75 Å². The van der Waals surface area contributed by atoms with Crippen molar-refractivity contribution < 1.29 is 43.5 Å². The summed E-state index contributed by atoms with van der Waals surface area (Å²) in [6.45, 7) is 3.55.